The van der Waals surface area contributed by atoms with Crippen LogP contribution in [0.2, 0.25) is 5.15 Å². The number of nitrogens with one attached hydrogen (secondary N) is 1. The van der Waals surface area contributed by atoms with Crippen LogP contribution in [0.4, 0.5) is 5.82 Å². The second-order valence-electron chi connectivity index (χ2n) is 5.65. The van der Waals surface area contributed by atoms with Crippen LogP contribution in [0.1, 0.15) is 45.9 Å². The molecule has 1 aliphatic carbocycles. The zero-order valence-corrected chi connectivity index (χ0v) is 13.3. The van der Waals surface area contributed by atoms with E-state index in [1.165, 1.54) is 19.3 Å². The maximum absolute atomic E-state index is 6.07. The lowest BCUT2D eigenvalue weighted by Gasteiger charge is -2.35. The van der Waals surface area contributed by atoms with E-state index >= 15 is 0 Å². The highest BCUT2D eigenvalue weighted by Crippen LogP contribution is 2.31. The van der Waals surface area contributed by atoms with E-state index in [4.69, 9.17) is 16.3 Å². The average molecular weight is 298 g/mol. The minimum Gasteiger partial charge on any atom is -0.374 e. The van der Waals surface area contributed by atoms with Crippen molar-refractivity contribution in [2.45, 2.75) is 52.7 Å². The first-order valence-electron chi connectivity index (χ1n) is 7.48. The van der Waals surface area contributed by atoms with Gasteiger partial charge in [-0.2, -0.15) is 0 Å². The molecule has 1 N–H and O–H groups in total. The minimum absolute atomic E-state index is 0.405. The molecule has 3 atom stereocenters. The molecular weight excluding hydrogens is 274 g/mol. The largest absolute Gasteiger partial charge is 0.374 e. The summed E-state index contributed by atoms with van der Waals surface area (Å²) < 4.78 is 5.35. The van der Waals surface area contributed by atoms with Crippen LogP contribution in [0.5, 0.6) is 0 Å². The van der Waals surface area contributed by atoms with Crippen LogP contribution in [0, 0.1) is 11.8 Å². The molecule has 2 rings (SSSR count). The highest BCUT2D eigenvalue weighted by molar-refractivity contribution is 6.29. The van der Waals surface area contributed by atoms with Gasteiger partial charge in [0.15, 0.2) is 5.82 Å². The Morgan fingerprint density at radius 3 is 2.90 bits per heavy atom. The van der Waals surface area contributed by atoms with Gasteiger partial charge in [0.25, 0.3) is 0 Å². The maximum atomic E-state index is 6.07. The smallest absolute Gasteiger partial charge is 0.158 e. The summed E-state index contributed by atoms with van der Waals surface area (Å²) in [5.41, 5.74) is 0. The number of hydrogen-bond acceptors (Lipinski definition) is 4. The maximum Gasteiger partial charge on any atom is 0.158 e. The summed E-state index contributed by atoms with van der Waals surface area (Å²) in [7, 11) is 0. The van der Waals surface area contributed by atoms with Crippen LogP contribution in [0.3, 0.4) is 0 Å². The lowest BCUT2D eigenvalue weighted by Crippen LogP contribution is -2.35. The van der Waals surface area contributed by atoms with E-state index in [0.29, 0.717) is 36.2 Å². The van der Waals surface area contributed by atoms with Crippen molar-refractivity contribution < 1.29 is 4.74 Å². The monoisotopic (exact) mass is 297 g/mol. The zero-order chi connectivity index (χ0) is 14.5. The van der Waals surface area contributed by atoms with Crippen LogP contribution >= 0.6 is 11.6 Å². The fraction of sp³-hybridized carbons (Fsp3) is 0.733. The summed E-state index contributed by atoms with van der Waals surface area (Å²) in [4.78, 5) is 8.68. The number of anilines is 1. The predicted octanol–water partition coefficient (Wildman–Crippen LogP) is 3.90. The van der Waals surface area contributed by atoms with Crippen molar-refractivity contribution in [3.05, 3.63) is 17.0 Å². The summed E-state index contributed by atoms with van der Waals surface area (Å²) in [5.74, 6) is 2.85. The molecule has 5 heteroatoms. The van der Waals surface area contributed by atoms with E-state index in [1.54, 1.807) is 6.07 Å². The van der Waals surface area contributed by atoms with Crippen LogP contribution in [0.15, 0.2) is 6.07 Å². The number of hydrogen-bond donors (Lipinski definition) is 1. The lowest BCUT2D eigenvalue weighted by atomic mass is 9.78. The molecular formula is C15H24ClN3O. The molecule has 20 heavy (non-hydrogen) atoms. The van der Waals surface area contributed by atoms with E-state index in [2.05, 4.69) is 29.1 Å². The molecule has 1 saturated carbocycles. The molecule has 112 valence electrons. The van der Waals surface area contributed by atoms with Gasteiger partial charge in [-0.25, -0.2) is 9.97 Å². The van der Waals surface area contributed by atoms with Gasteiger partial charge < -0.3 is 10.1 Å². The van der Waals surface area contributed by atoms with Crippen molar-refractivity contribution in [1.29, 1.82) is 0 Å². The molecule has 0 aliphatic heterocycles. The Hall–Kier alpha value is -0.870. The molecule has 3 unspecified atom stereocenters. The fourth-order valence-electron chi connectivity index (χ4n) is 2.77. The minimum atomic E-state index is 0.405. The summed E-state index contributed by atoms with van der Waals surface area (Å²) in [6.07, 6.45) is 3.78. The fourth-order valence-corrected chi connectivity index (χ4v) is 2.97. The quantitative estimate of drug-likeness (QED) is 0.837. The topological polar surface area (TPSA) is 47.0 Å². The predicted molar refractivity (Wildman–Crippen MR) is 82.0 cm³/mol. The number of rotatable bonds is 5. The van der Waals surface area contributed by atoms with Crippen LogP contribution in [-0.4, -0.2) is 22.6 Å². The van der Waals surface area contributed by atoms with Gasteiger partial charge in [-0.15, -0.1) is 0 Å². The zero-order valence-electron chi connectivity index (χ0n) is 12.5. The Morgan fingerprint density at radius 2 is 2.15 bits per heavy atom. The normalized spacial score (nSPS) is 26.5. The van der Waals surface area contributed by atoms with Crippen molar-refractivity contribution in [2.24, 2.45) is 11.8 Å². The molecule has 0 spiro atoms. The van der Waals surface area contributed by atoms with E-state index < -0.39 is 0 Å². The van der Waals surface area contributed by atoms with Crippen LogP contribution in [0.25, 0.3) is 0 Å². The summed E-state index contributed by atoms with van der Waals surface area (Å²) >= 11 is 6.07. The second kappa shape index (κ2) is 7.23. The van der Waals surface area contributed by atoms with Gasteiger partial charge in [0.2, 0.25) is 0 Å². The van der Waals surface area contributed by atoms with E-state index in [0.717, 1.165) is 11.7 Å². The molecule has 1 fully saturated rings. The average Bonchev–Trinajstić information content (AvgIpc) is 2.41. The molecule has 1 heterocycles. The van der Waals surface area contributed by atoms with Gasteiger partial charge >= 0.3 is 0 Å². The number of nitrogens with zero attached hydrogens (tertiary/aromatic N) is 2. The number of ether oxygens (including phenoxy) is 1. The highest BCUT2D eigenvalue weighted by atomic mass is 35.5. The molecule has 1 aromatic rings. The van der Waals surface area contributed by atoms with Gasteiger partial charge in [0.05, 0.1) is 0 Å². The van der Waals surface area contributed by atoms with Gasteiger partial charge in [0, 0.05) is 18.7 Å². The SMILES string of the molecule is CCOCc1nc(Cl)cc(NC2CCCC(C)C2C)n1. The second-order valence-corrected chi connectivity index (χ2v) is 6.03. The lowest BCUT2D eigenvalue weighted by molar-refractivity contribution is 0.128. The van der Waals surface area contributed by atoms with Crippen molar-refractivity contribution in [3.63, 3.8) is 0 Å². The molecule has 0 saturated heterocycles. The van der Waals surface area contributed by atoms with E-state index in [1.807, 2.05) is 6.92 Å². The first-order chi connectivity index (χ1) is 9.60. The van der Waals surface area contributed by atoms with Crippen molar-refractivity contribution >= 4 is 17.4 Å². The van der Waals surface area contributed by atoms with E-state index in [-0.39, 0.29) is 0 Å². The van der Waals surface area contributed by atoms with Crippen molar-refractivity contribution in [1.82, 2.24) is 9.97 Å². The molecule has 0 radical (unpaired) electrons. The van der Waals surface area contributed by atoms with Gasteiger partial charge in [-0.3, -0.25) is 0 Å². The number of halogens is 1. The molecule has 0 aromatic carbocycles. The highest BCUT2D eigenvalue weighted by Gasteiger charge is 2.27. The molecule has 1 aliphatic rings. The Morgan fingerprint density at radius 1 is 1.35 bits per heavy atom. The van der Waals surface area contributed by atoms with Crippen LogP contribution in [-0.2, 0) is 11.3 Å². The standard InChI is InChI=1S/C15H24ClN3O/c1-4-20-9-15-18-13(16)8-14(19-15)17-12-7-5-6-10(2)11(12)3/h8,10-12H,4-7,9H2,1-3H3,(H,17,18,19). The first-order valence-corrected chi connectivity index (χ1v) is 7.85. The molecule has 1 aromatic heterocycles. The third kappa shape index (κ3) is 4.06. The van der Waals surface area contributed by atoms with Crippen LogP contribution < -0.4 is 5.32 Å². The first kappa shape index (κ1) is 15.5. The van der Waals surface area contributed by atoms with Gasteiger partial charge in [-0.1, -0.05) is 38.3 Å². The molecule has 4 nitrogen and oxygen atoms in total. The van der Waals surface area contributed by atoms with Gasteiger partial charge in [0.1, 0.15) is 17.6 Å². The van der Waals surface area contributed by atoms with E-state index in [9.17, 15) is 0 Å². The Balaban J connectivity index is 2.06. The Labute approximate surface area is 126 Å². The Bertz CT molecular complexity index is 441. The van der Waals surface area contributed by atoms with Gasteiger partial charge in [-0.05, 0) is 25.2 Å². The summed E-state index contributed by atoms with van der Waals surface area (Å²) in [5, 5.41) is 3.99. The third-order valence-electron chi connectivity index (χ3n) is 4.22. The Kier molecular flexibility index (Phi) is 5.61. The molecule has 0 bridgehead atoms. The molecule has 0 amide bonds. The summed E-state index contributed by atoms with van der Waals surface area (Å²) in [6.45, 7) is 7.64. The third-order valence-corrected chi connectivity index (χ3v) is 4.41. The summed E-state index contributed by atoms with van der Waals surface area (Å²) in [6, 6.07) is 2.26. The van der Waals surface area contributed by atoms with Crippen molar-refractivity contribution in [2.75, 3.05) is 11.9 Å². The number of aromatic nitrogens is 2. The van der Waals surface area contributed by atoms with Crippen molar-refractivity contribution in [3.8, 4) is 0 Å².